The van der Waals surface area contributed by atoms with E-state index in [1.807, 2.05) is 0 Å². The van der Waals surface area contributed by atoms with E-state index in [1.54, 1.807) is 41.5 Å². The van der Waals surface area contributed by atoms with Crippen molar-refractivity contribution < 1.29 is 28.6 Å². The van der Waals surface area contributed by atoms with Gasteiger partial charge < -0.3 is 29.7 Å². The number of ether oxygens (including phenoxy) is 1. The number of aromatic nitrogens is 4. The van der Waals surface area contributed by atoms with Crippen molar-refractivity contribution >= 4 is 24.6 Å². The first-order valence-corrected chi connectivity index (χ1v) is 12.2. The summed E-state index contributed by atoms with van der Waals surface area (Å²) in [6.07, 6.45) is -0.216. The van der Waals surface area contributed by atoms with Gasteiger partial charge >= 0.3 is 7.60 Å². The van der Waals surface area contributed by atoms with E-state index in [2.05, 4.69) is 15.0 Å². The molecule has 4 atom stereocenters. The number of anilines is 1. The Morgan fingerprint density at radius 1 is 1.19 bits per heavy atom. The van der Waals surface area contributed by atoms with Crippen molar-refractivity contribution in [1.82, 2.24) is 19.5 Å². The Hall–Kier alpha value is -1.62. The third kappa shape index (κ3) is 5.30. The van der Waals surface area contributed by atoms with Crippen LogP contribution in [0.1, 0.15) is 61.1 Å². The summed E-state index contributed by atoms with van der Waals surface area (Å²) in [6.45, 7) is 12.2. The highest BCUT2D eigenvalue weighted by atomic mass is 31.2. The number of nitrogens with zero attached hydrogens (tertiary/aromatic N) is 4. The van der Waals surface area contributed by atoms with Crippen LogP contribution in [0.4, 0.5) is 5.82 Å². The molecule has 0 spiro atoms. The molecule has 32 heavy (non-hydrogen) atoms. The smallest absolute Gasteiger partial charge is 0.331 e. The lowest BCUT2D eigenvalue weighted by Gasteiger charge is -2.32. The molecule has 0 unspecified atom stereocenters. The first kappa shape index (κ1) is 25.0. The average molecular weight is 471 g/mol. The molecule has 1 aliphatic rings. The van der Waals surface area contributed by atoms with Crippen molar-refractivity contribution in [3.05, 3.63) is 12.7 Å². The molecule has 3 rings (SSSR count). The monoisotopic (exact) mass is 471 g/mol. The standard InChI is InChI=1S/C20H34N5O6P/c1-18(2,3)30-32(28,31-19(4,5)6)9-8-12-14(26)20(7,27)17(29-12)25-11-24-13-15(21)22-10-23-16(13)25/h10-12,14,17,26-27H,8-9H2,1-7H3,(H2,21,22,23)/t12-,14-,17-,20-/m1/s1. The minimum Gasteiger partial charge on any atom is -0.387 e. The Labute approximate surface area is 187 Å². The van der Waals surface area contributed by atoms with E-state index in [0.717, 1.165) is 0 Å². The lowest BCUT2D eigenvalue weighted by Crippen LogP contribution is -2.43. The molecule has 12 heteroatoms. The average Bonchev–Trinajstić information content (AvgIpc) is 3.11. The fourth-order valence-electron chi connectivity index (χ4n) is 3.74. The second kappa shape index (κ2) is 8.30. The van der Waals surface area contributed by atoms with E-state index in [4.69, 9.17) is 19.5 Å². The van der Waals surface area contributed by atoms with Gasteiger partial charge in [0.15, 0.2) is 17.7 Å². The number of rotatable bonds is 6. The van der Waals surface area contributed by atoms with Crippen LogP contribution in [0.3, 0.4) is 0 Å². The molecule has 11 nitrogen and oxygen atoms in total. The van der Waals surface area contributed by atoms with Crippen molar-refractivity contribution in [2.45, 2.75) is 90.1 Å². The maximum Gasteiger partial charge on any atom is 0.331 e. The third-order valence-corrected chi connectivity index (χ3v) is 7.37. The maximum absolute atomic E-state index is 13.5. The molecule has 4 N–H and O–H groups in total. The molecule has 0 bridgehead atoms. The molecular weight excluding hydrogens is 437 g/mol. The second-order valence-electron chi connectivity index (χ2n) is 10.3. The normalized spacial score (nSPS) is 27.3. The number of hydrogen-bond acceptors (Lipinski definition) is 10. The van der Waals surface area contributed by atoms with E-state index >= 15 is 0 Å². The summed E-state index contributed by atoms with van der Waals surface area (Å²) in [7, 11) is -3.54. The lowest BCUT2D eigenvalue weighted by atomic mass is 9.95. The second-order valence-corrected chi connectivity index (χ2v) is 12.3. The minimum atomic E-state index is -3.54. The van der Waals surface area contributed by atoms with E-state index in [1.165, 1.54) is 24.1 Å². The molecule has 0 saturated carbocycles. The predicted octanol–water partition coefficient (Wildman–Crippen LogP) is 2.63. The van der Waals surface area contributed by atoms with Crippen LogP contribution in [0.2, 0.25) is 0 Å². The number of nitrogens with two attached hydrogens (primary N) is 1. The van der Waals surface area contributed by atoms with Gasteiger partial charge in [-0.05, 0) is 54.9 Å². The first-order valence-electron chi connectivity index (χ1n) is 10.5. The molecule has 1 aliphatic heterocycles. The summed E-state index contributed by atoms with van der Waals surface area (Å²) < 4.78 is 32.6. The number of nitrogen functional groups attached to an aromatic ring is 1. The molecule has 0 aromatic carbocycles. The molecule has 0 radical (unpaired) electrons. The number of fused-ring (bicyclic) bond motifs is 1. The van der Waals surface area contributed by atoms with Gasteiger partial charge in [-0.25, -0.2) is 15.0 Å². The van der Waals surface area contributed by atoms with Gasteiger partial charge in [0, 0.05) is 0 Å². The summed E-state index contributed by atoms with van der Waals surface area (Å²) in [5, 5.41) is 21.9. The van der Waals surface area contributed by atoms with Gasteiger partial charge in [-0.15, -0.1) is 0 Å². The highest BCUT2D eigenvalue weighted by Gasteiger charge is 2.54. The van der Waals surface area contributed by atoms with Gasteiger partial charge in [0.1, 0.15) is 23.5 Å². The van der Waals surface area contributed by atoms with Crippen LogP contribution in [0.25, 0.3) is 11.2 Å². The number of aliphatic hydroxyl groups is 2. The van der Waals surface area contributed by atoms with Crippen molar-refractivity contribution in [3.63, 3.8) is 0 Å². The topological polar surface area (TPSA) is 155 Å². The Morgan fingerprint density at radius 3 is 2.34 bits per heavy atom. The van der Waals surface area contributed by atoms with Gasteiger partial charge in [0.2, 0.25) is 0 Å². The van der Waals surface area contributed by atoms with E-state index < -0.39 is 42.8 Å². The zero-order valence-electron chi connectivity index (χ0n) is 19.6. The zero-order valence-corrected chi connectivity index (χ0v) is 20.5. The van der Waals surface area contributed by atoms with Crippen molar-refractivity contribution in [2.75, 3.05) is 11.9 Å². The first-order chi connectivity index (χ1) is 14.5. The Kier molecular flexibility index (Phi) is 6.49. The van der Waals surface area contributed by atoms with Gasteiger partial charge in [-0.3, -0.25) is 9.13 Å². The van der Waals surface area contributed by atoms with Crippen LogP contribution in [-0.4, -0.2) is 64.9 Å². The van der Waals surface area contributed by atoms with E-state index in [9.17, 15) is 14.8 Å². The molecule has 3 heterocycles. The van der Waals surface area contributed by atoms with Gasteiger partial charge in [0.25, 0.3) is 0 Å². The van der Waals surface area contributed by atoms with Crippen LogP contribution in [0, 0.1) is 0 Å². The third-order valence-electron chi connectivity index (χ3n) is 4.91. The Bertz CT molecular complexity index is 992. The molecule has 2 aromatic heterocycles. The largest absolute Gasteiger partial charge is 0.387 e. The molecule has 0 amide bonds. The van der Waals surface area contributed by atoms with E-state index in [-0.39, 0.29) is 18.4 Å². The van der Waals surface area contributed by atoms with Crippen molar-refractivity contribution in [1.29, 1.82) is 0 Å². The molecule has 0 aliphatic carbocycles. The summed E-state index contributed by atoms with van der Waals surface area (Å²) in [5.74, 6) is 0.197. The summed E-state index contributed by atoms with van der Waals surface area (Å²) in [5.41, 5.74) is 3.53. The molecule has 2 aromatic rings. The number of aliphatic hydroxyl groups excluding tert-OH is 1. The molecule has 1 fully saturated rings. The molecular formula is C20H34N5O6P. The fraction of sp³-hybridized carbons (Fsp3) is 0.750. The van der Waals surface area contributed by atoms with Gasteiger partial charge in [-0.2, -0.15) is 0 Å². The highest BCUT2D eigenvalue weighted by Crippen LogP contribution is 2.55. The van der Waals surface area contributed by atoms with Crippen LogP contribution in [0.5, 0.6) is 0 Å². The SMILES string of the molecule is CC(C)(C)OP(=O)(CC[C@H]1O[C@@H](n2cnc3c(N)ncnc32)[C@](C)(O)[C@@H]1O)OC(C)(C)C. The van der Waals surface area contributed by atoms with E-state index in [0.29, 0.717) is 11.2 Å². The van der Waals surface area contributed by atoms with Gasteiger partial charge in [-0.1, -0.05) is 0 Å². The number of hydrogen-bond donors (Lipinski definition) is 3. The summed E-state index contributed by atoms with van der Waals surface area (Å²) in [4.78, 5) is 12.3. The summed E-state index contributed by atoms with van der Waals surface area (Å²) >= 11 is 0. The Balaban J connectivity index is 1.83. The predicted molar refractivity (Wildman–Crippen MR) is 119 cm³/mol. The summed E-state index contributed by atoms with van der Waals surface area (Å²) in [6, 6.07) is 0. The van der Waals surface area contributed by atoms with Crippen LogP contribution < -0.4 is 5.73 Å². The quantitative estimate of drug-likeness (QED) is 0.535. The van der Waals surface area contributed by atoms with Crippen LogP contribution in [-0.2, 0) is 18.3 Å². The van der Waals surface area contributed by atoms with Gasteiger partial charge in [0.05, 0.1) is 29.8 Å². The maximum atomic E-state index is 13.5. The van der Waals surface area contributed by atoms with Crippen LogP contribution in [0.15, 0.2) is 12.7 Å². The highest BCUT2D eigenvalue weighted by molar-refractivity contribution is 7.53. The zero-order chi connectivity index (χ0) is 24.1. The van der Waals surface area contributed by atoms with Crippen molar-refractivity contribution in [2.24, 2.45) is 0 Å². The molecule has 180 valence electrons. The Morgan fingerprint density at radius 2 is 1.78 bits per heavy atom. The van der Waals surface area contributed by atoms with Crippen molar-refractivity contribution in [3.8, 4) is 0 Å². The fourth-order valence-corrected chi connectivity index (χ4v) is 6.20. The minimum absolute atomic E-state index is 0.00581. The number of imidazole rings is 1. The van der Waals surface area contributed by atoms with Crippen LogP contribution >= 0.6 is 7.60 Å². The molecule has 1 saturated heterocycles. The lowest BCUT2D eigenvalue weighted by molar-refractivity contribution is -0.0940.